The van der Waals surface area contributed by atoms with Gasteiger partial charge in [-0.05, 0) is 25.6 Å². The van der Waals surface area contributed by atoms with Crippen molar-refractivity contribution in [2.75, 3.05) is 13.6 Å². The number of likely N-dealkylation sites (N-methyl/N-ethyl adjacent to an activating group) is 1. The van der Waals surface area contributed by atoms with E-state index in [0.29, 0.717) is 0 Å². The van der Waals surface area contributed by atoms with Gasteiger partial charge in [-0.2, -0.15) is 0 Å². The van der Waals surface area contributed by atoms with Crippen LogP contribution in [-0.2, 0) is 13.0 Å². The lowest BCUT2D eigenvalue weighted by atomic mass is 10.1. The summed E-state index contributed by atoms with van der Waals surface area (Å²) in [7, 11) is 2.15. The number of nitrogens with one attached hydrogen (secondary N) is 1. The summed E-state index contributed by atoms with van der Waals surface area (Å²) in [6.07, 6.45) is 2.98. The topological polar surface area (TPSA) is 31.9 Å². The smallest absolute Gasteiger partial charge is 0.0914 e. The van der Waals surface area contributed by atoms with Gasteiger partial charge in [-0.1, -0.05) is 0 Å². The van der Waals surface area contributed by atoms with Crippen LogP contribution < -0.4 is 0 Å². The van der Waals surface area contributed by atoms with Crippen molar-refractivity contribution in [1.82, 2.24) is 14.9 Å². The maximum absolute atomic E-state index is 4.43. The summed E-state index contributed by atoms with van der Waals surface area (Å²) < 4.78 is 0. The first-order chi connectivity index (χ1) is 6.84. The predicted molar refractivity (Wildman–Crippen MR) is 56.1 cm³/mol. The van der Waals surface area contributed by atoms with Gasteiger partial charge in [-0.25, -0.2) is 0 Å². The molecular weight excluding hydrogens is 174 g/mol. The van der Waals surface area contributed by atoms with E-state index in [0.717, 1.165) is 25.0 Å². The summed E-state index contributed by atoms with van der Waals surface area (Å²) in [6.45, 7) is 2.15. The molecule has 0 spiro atoms. The molecule has 0 bridgehead atoms. The molecule has 0 radical (unpaired) electrons. The molecule has 0 unspecified atom stereocenters. The molecule has 14 heavy (non-hydrogen) atoms. The van der Waals surface area contributed by atoms with Gasteiger partial charge in [-0.3, -0.25) is 4.98 Å². The molecule has 3 heterocycles. The number of H-pyrrole nitrogens is 1. The summed E-state index contributed by atoms with van der Waals surface area (Å²) in [6, 6.07) is 4.08. The fourth-order valence-corrected chi connectivity index (χ4v) is 2.18. The van der Waals surface area contributed by atoms with Crippen LogP contribution in [-0.4, -0.2) is 28.5 Å². The number of hydrogen-bond acceptors (Lipinski definition) is 2. The molecule has 0 amide bonds. The molecule has 1 aliphatic rings. The molecule has 2 aromatic heterocycles. The zero-order valence-corrected chi connectivity index (χ0v) is 8.25. The molecule has 1 aliphatic heterocycles. The molecule has 72 valence electrons. The van der Waals surface area contributed by atoms with Crippen molar-refractivity contribution >= 4 is 11.0 Å². The Labute approximate surface area is 82.8 Å². The molecule has 0 aromatic carbocycles. The molecular formula is C11H13N3. The third kappa shape index (κ3) is 1.06. The number of rotatable bonds is 0. The summed E-state index contributed by atoms with van der Waals surface area (Å²) >= 11 is 0. The van der Waals surface area contributed by atoms with Crippen molar-refractivity contribution in [2.45, 2.75) is 13.0 Å². The highest BCUT2D eigenvalue weighted by molar-refractivity contribution is 5.80. The van der Waals surface area contributed by atoms with Crippen molar-refractivity contribution in [3.8, 4) is 0 Å². The Balaban J connectivity index is 2.24. The molecule has 0 aliphatic carbocycles. The normalized spacial score (nSPS) is 17.2. The van der Waals surface area contributed by atoms with E-state index in [1.54, 1.807) is 0 Å². The second kappa shape index (κ2) is 2.82. The van der Waals surface area contributed by atoms with Gasteiger partial charge in [0.1, 0.15) is 0 Å². The summed E-state index contributed by atoms with van der Waals surface area (Å²) in [5.74, 6) is 0. The number of fused-ring (bicyclic) bond motifs is 3. The first-order valence-electron chi connectivity index (χ1n) is 4.97. The van der Waals surface area contributed by atoms with E-state index in [-0.39, 0.29) is 0 Å². The van der Waals surface area contributed by atoms with E-state index in [1.807, 2.05) is 12.3 Å². The van der Waals surface area contributed by atoms with Crippen molar-refractivity contribution in [3.63, 3.8) is 0 Å². The Hall–Kier alpha value is -1.35. The van der Waals surface area contributed by atoms with Gasteiger partial charge in [0, 0.05) is 30.5 Å². The largest absolute Gasteiger partial charge is 0.356 e. The van der Waals surface area contributed by atoms with Gasteiger partial charge in [0.05, 0.1) is 11.0 Å². The van der Waals surface area contributed by atoms with Gasteiger partial charge in [0.2, 0.25) is 0 Å². The highest BCUT2D eigenvalue weighted by atomic mass is 15.1. The highest BCUT2D eigenvalue weighted by Gasteiger charge is 2.18. The maximum Gasteiger partial charge on any atom is 0.0914 e. The standard InChI is InChI=1S/C11H13N3/c1-14-6-4-8-10(7-14)13-9-3-2-5-12-11(8)9/h2-3,5,13H,4,6-7H2,1H3. The second-order valence-corrected chi connectivity index (χ2v) is 3.97. The lowest BCUT2D eigenvalue weighted by molar-refractivity contribution is 0.310. The first-order valence-corrected chi connectivity index (χ1v) is 4.97. The fourth-order valence-electron chi connectivity index (χ4n) is 2.18. The van der Waals surface area contributed by atoms with Crippen LogP contribution in [0.3, 0.4) is 0 Å². The monoisotopic (exact) mass is 187 g/mol. The number of aromatic amines is 1. The Bertz CT molecular complexity index is 472. The second-order valence-electron chi connectivity index (χ2n) is 3.97. The average molecular weight is 187 g/mol. The molecule has 0 atom stereocenters. The van der Waals surface area contributed by atoms with Crippen LogP contribution in [0.25, 0.3) is 11.0 Å². The van der Waals surface area contributed by atoms with Crippen molar-refractivity contribution in [1.29, 1.82) is 0 Å². The van der Waals surface area contributed by atoms with Crippen molar-refractivity contribution in [2.24, 2.45) is 0 Å². The minimum Gasteiger partial charge on any atom is -0.356 e. The van der Waals surface area contributed by atoms with Crippen LogP contribution in [0.15, 0.2) is 18.3 Å². The number of nitrogens with zero attached hydrogens (tertiary/aromatic N) is 2. The summed E-state index contributed by atoms with van der Waals surface area (Å²) in [5.41, 5.74) is 5.09. The predicted octanol–water partition coefficient (Wildman–Crippen LogP) is 1.55. The molecule has 3 rings (SSSR count). The van der Waals surface area contributed by atoms with Crippen LogP contribution in [0.4, 0.5) is 0 Å². The molecule has 3 heteroatoms. The molecule has 2 aromatic rings. The Morgan fingerprint density at radius 3 is 3.36 bits per heavy atom. The Morgan fingerprint density at radius 2 is 2.43 bits per heavy atom. The molecule has 3 nitrogen and oxygen atoms in total. The zero-order chi connectivity index (χ0) is 9.54. The van der Waals surface area contributed by atoms with E-state index in [4.69, 9.17) is 0 Å². The van der Waals surface area contributed by atoms with Gasteiger partial charge < -0.3 is 9.88 Å². The quantitative estimate of drug-likeness (QED) is 0.678. The lowest BCUT2D eigenvalue weighted by Crippen LogP contribution is -2.26. The molecule has 0 saturated heterocycles. The third-order valence-electron chi connectivity index (χ3n) is 2.91. The minimum atomic E-state index is 1.02. The minimum absolute atomic E-state index is 1.02. The van der Waals surface area contributed by atoms with Crippen LogP contribution in [0, 0.1) is 0 Å². The Kier molecular flexibility index (Phi) is 1.61. The Morgan fingerprint density at radius 1 is 1.50 bits per heavy atom. The number of hydrogen-bond donors (Lipinski definition) is 1. The van der Waals surface area contributed by atoms with Crippen LogP contribution in [0.5, 0.6) is 0 Å². The maximum atomic E-state index is 4.43. The average Bonchev–Trinajstić information content (AvgIpc) is 2.54. The third-order valence-corrected chi connectivity index (χ3v) is 2.91. The molecule has 0 saturated carbocycles. The van der Waals surface area contributed by atoms with E-state index in [2.05, 4.69) is 28.0 Å². The SMILES string of the molecule is CN1CCc2c([nH]c3cccnc23)C1. The van der Waals surface area contributed by atoms with Gasteiger partial charge in [0.15, 0.2) is 0 Å². The van der Waals surface area contributed by atoms with Crippen LogP contribution in [0.1, 0.15) is 11.3 Å². The van der Waals surface area contributed by atoms with Gasteiger partial charge in [-0.15, -0.1) is 0 Å². The van der Waals surface area contributed by atoms with E-state index < -0.39 is 0 Å². The van der Waals surface area contributed by atoms with Crippen molar-refractivity contribution < 1.29 is 0 Å². The lowest BCUT2D eigenvalue weighted by Gasteiger charge is -2.21. The van der Waals surface area contributed by atoms with E-state index in [1.165, 1.54) is 16.8 Å². The van der Waals surface area contributed by atoms with Crippen molar-refractivity contribution in [3.05, 3.63) is 29.6 Å². The number of pyridine rings is 1. The van der Waals surface area contributed by atoms with Crippen LogP contribution >= 0.6 is 0 Å². The fraction of sp³-hybridized carbons (Fsp3) is 0.364. The first kappa shape index (κ1) is 8.00. The van der Waals surface area contributed by atoms with Gasteiger partial charge in [0.25, 0.3) is 0 Å². The van der Waals surface area contributed by atoms with E-state index in [9.17, 15) is 0 Å². The van der Waals surface area contributed by atoms with Gasteiger partial charge >= 0.3 is 0 Å². The zero-order valence-electron chi connectivity index (χ0n) is 8.25. The highest BCUT2D eigenvalue weighted by Crippen LogP contribution is 2.24. The number of aromatic nitrogens is 2. The summed E-state index contributed by atoms with van der Waals surface area (Å²) in [5, 5.41) is 0. The molecule has 0 fully saturated rings. The van der Waals surface area contributed by atoms with E-state index >= 15 is 0 Å². The summed E-state index contributed by atoms with van der Waals surface area (Å²) in [4.78, 5) is 10.2. The molecule has 1 N–H and O–H groups in total. The van der Waals surface area contributed by atoms with Crippen LogP contribution in [0.2, 0.25) is 0 Å².